The Labute approximate surface area is 68.4 Å². The lowest BCUT2D eigenvalue weighted by Gasteiger charge is -1.96. The summed E-state index contributed by atoms with van der Waals surface area (Å²) in [5, 5.41) is 5.44. The minimum Gasteiger partial charge on any atom is -0.466 e. The molecule has 4 nitrogen and oxygen atoms in total. The maximum absolute atomic E-state index is 10.8. The molecule has 0 N–H and O–H groups in total. The molecule has 0 fully saturated rings. The molecule has 60 valence electrons. The fourth-order valence-corrected chi connectivity index (χ4v) is 1.07. The highest BCUT2D eigenvalue weighted by atomic mass is 32.1. The van der Waals surface area contributed by atoms with Gasteiger partial charge in [-0.3, -0.25) is 4.79 Å². The van der Waals surface area contributed by atoms with Crippen LogP contribution in [-0.2, 0) is 16.0 Å². The zero-order chi connectivity index (χ0) is 8.10. The first kappa shape index (κ1) is 8.13. The number of rotatable bonds is 3. The molecule has 0 aliphatic heterocycles. The largest absolute Gasteiger partial charge is 0.466 e. The van der Waals surface area contributed by atoms with Crippen LogP contribution in [0.5, 0.6) is 0 Å². The van der Waals surface area contributed by atoms with Crippen LogP contribution in [0.15, 0.2) is 5.38 Å². The maximum atomic E-state index is 10.8. The predicted octanol–water partition coefficient (Wildman–Crippen LogP) is 0.644. The molecule has 0 aromatic carbocycles. The average Bonchev–Trinajstić information content (AvgIpc) is 2.40. The molecule has 1 rings (SSSR count). The number of aromatic nitrogens is 2. The Morgan fingerprint density at radius 1 is 1.82 bits per heavy atom. The van der Waals surface area contributed by atoms with Gasteiger partial charge in [-0.25, -0.2) is 0 Å². The van der Waals surface area contributed by atoms with E-state index in [4.69, 9.17) is 4.74 Å². The molecule has 0 saturated heterocycles. The Balaban J connectivity index is 2.37. The number of nitrogens with zero attached hydrogens (tertiary/aromatic N) is 2. The molecule has 1 aromatic heterocycles. The predicted molar refractivity (Wildman–Crippen MR) is 40.2 cm³/mol. The van der Waals surface area contributed by atoms with Crippen molar-refractivity contribution in [3.8, 4) is 0 Å². The van der Waals surface area contributed by atoms with Crippen molar-refractivity contribution in [1.29, 1.82) is 0 Å². The molecule has 1 aromatic rings. The van der Waals surface area contributed by atoms with E-state index in [2.05, 4.69) is 9.59 Å². The quantitative estimate of drug-likeness (QED) is 0.628. The maximum Gasteiger partial charge on any atom is 0.311 e. The van der Waals surface area contributed by atoms with Gasteiger partial charge in [0.15, 0.2) is 0 Å². The summed E-state index contributed by atoms with van der Waals surface area (Å²) < 4.78 is 8.33. The van der Waals surface area contributed by atoms with Crippen molar-refractivity contribution < 1.29 is 9.53 Å². The number of carbonyl (C=O) groups is 1. The molecule has 0 atom stereocenters. The summed E-state index contributed by atoms with van der Waals surface area (Å²) in [5.74, 6) is -0.250. The van der Waals surface area contributed by atoms with Gasteiger partial charge in [0, 0.05) is 5.38 Å². The van der Waals surface area contributed by atoms with Crippen LogP contribution in [0, 0.1) is 0 Å². The number of carbonyl (C=O) groups excluding carboxylic acids is 1. The van der Waals surface area contributed by atoms with Crippen LogP contribution in [0.3, 0.4) is 0 Å². The summed E-state index contributed by atoms with van der Waals surface area (Å²) in [6.07, 6.45) is 0.227. The third-order valence-electron chi connectivity index (χ3n) is 1.04. The van der Waals surface area contributed by atoms with Crippen LogP contribution in [0.4, 0.5) is 0 Å². The molecule has 0 aliphatic carbocycles. The van der Waals surface area contributed by atoms with Gasteiger partial charge in [0.25, 0.3) is 0 Å². The van der Waals surface area contributed by atoms with Crippen molar-refractivity contribution >= 4 is 17.5 Å². The second kappa shape index (κ2) is 4.02. The Hall–Kier alpha value is -0.970. The van der Waals surface area contributed by atoms with Gasteiger partial charge in [-0.15, -0.1) is 5.10 Å². The van der Waals surface area contributed by atoms with Gasteiger partial charge in [0.05, 0.1) is 18.7 Å². The number of hydrogen-bond acceptors (Lipinski definition) is 5. The summed E-state index contributed by atoms with van der Waals surface area (Å²) in [7, 11) is 0. The minimum atomic E-state index is -0.250. The molecule has 0 unspecified atom stereocenters. The fourth-order valence-electron chi connectivity index (χ4n) is 0.621. The molecule has 0 saturated carbocycles. The zero-order valence-corrected chi connectivity index (χ0v) is 6.93. The van der Waals surface area contributed by atoms with Gasteiger partial charge in [-0.05, 0) is 18.5 Å². The SMILES string of the molecule is CCOC(=O)Cc1csnn1. The van der Waals surface area contributed by atoms with E-state index in [1.807, 2.05) is 0 Å². The minimum absolute atomic E-state index is 0.227. The summed E-state index contributed by atoms with van der Waals surface area (Å²) >= 11 is 1.23. The second-order valence-corrected chi connectivity index (χ2v) is 2.49. The molecular weight excluding hydrogens is 164 g/mol. The molecule has 11 heavy (non-hydrogen) atoms. The first-order valence-corrected chi connectivity index (χ1v) is 4.08. The fraction of sp³-hybridized carbons (Fsp3) is 0.500. The van der Waals surface area contributed by atoms with Crippen LogP contribution in [0.25, 0.3) is 0 Å². The summed E-state index contributed by atoms with van der Waals surface area (Å²) in [6.45, 7) is 2.19. The molecular formula is C6H8N2O2S. The van der Waals surface area contributed by atoms with E-state index in [1.165, 1.54) is 11.5 Å². The first-order chi connectivity index (χ1) is 5.33. The number of ether oxygens (including phenoxy) is 1. The van der Waals surface area contributed by atoms with Crippen molar-refractivity contribution in [2.24, 2.45) is 0 Å². The van der Waals surface area contributed by atoms with Crippen molar-refractivity contribution in [3.63, 3.8) is 0 Å². The third kappa shape index (κ3) is 2.63. The Bertz CT molecular complexity index is 222. The molecule has 0 bridgehead atoms. The average molecular weight is 172 g/mol. The van der Waals surface area contributed by atoms with Crippen LogP contribution in [-0.4, -0.2) is 22.2 Å². The highest BCUT2D eigenvalue weighted by Crippen LogP contribution is 1.98. The van der Waals surface area contributed by atoms with Gasteiger partial charge >= 0.3 is 5.97 Å². The van der Waals surface area contributed by atoms with E-state index in [0.29, 0.717) is 12.3 Å². The van der Waals surface area contributed by atoms with Gasteiger partial charge < -0.3 is 4.74 Å². The molecule has 0 amide bonds. The standard InChI is InChI=1S/C6H8N2O2S/c1-2-10-6(9)3-5-4-11-8-7-5/h4H,2-3H2,1H3. The van der Waals surface area contributed by atoms with Gasteiger partial charge in [0.1, 0.15) is 0 Å². The monoisotopic (exact) mass is 172 g/mol. The molecule has 1 heterocycles. The smallest absolute Gasteiger partial charge is 0.311 e. The molecule has 0 spiro atoms. The van der Waals surface area contributed by atoms with E-state index in [-0.39, 0.29) is 12.4 Å². The lowest BCUT2D eigenvalue weighted by Crippen LogP contribution is -2.07. The van der Waals surface area contributed by atoms with E-state index in [1.54, 1.807) is 12.3 Å². The van der Waals surface area contributed by atoms with Crippen LogP contribution in [0.1, 0.15) is 12.6 Å². The Morgan fingerprint density at radius 3 is 3.18 bits per heavy atom. The Kier molecular flexibility index (Phi) is 2.97. The summed E-state index contributed by atoms with van der Waals surface area (Å²) in [4.78, 5) is 10.8. The van der Waals surface area contributed by atoms with Crippen LogP contribution in [0.2, 0.25) is 0 Å². The topological polar surface area (TPSA) is 52.1 Å². The van der Waals surface area contributed by atoms with E-state index < -0.39 is 0 Å². The molecule has 5 heteroatoms. The van der Waals surface area contributed by atoms with Crippen molar-refractivity contribution in [1.82, 2.24) is 9.59 Å². The van der Waals surface area contributed by atoms with Gasteiger partial charge in [0.2, 0.25) is 0 Å². The normalized spacial score (nSPS) is 9.55. The zero-order valence-electron chi connectivity index (χ0n) is 6.11. The van der Waals surface area contributed by atoms with Gasteiger partial charge in [-0.2, -0.15) is 0 Å². The number of hydrogen-bond donors (Lipinski definition) is 0. The lowest BCUT2D eigenvalue weighted by atomic mass is 10.3. The highest BCUT2D eigenvalue weighted by Gasteiger charge is 2.04. The molecule has 0 radical (unpaired) electrons. The summed E-state index contributed by atoms with van der Waals surface area (Å²) in [6, 6.07) is 0. The summed E-state index contributed by atoms with van der Waals surface area (Å²) in [5.41, 5.74) is 0.674. The van der Waals surface area contributed by atoms with Gasteiger partial charge in [-0.1, -0.05) is 4.49 Å². The van der Waals surface area contributed by atoms with Crippen LogP contribution >= 0.6 is 11.5 Å². The highest BCUT2D eigenvalue weighted by molar-refractivity contribution is 7.03. The van der Waals surface area contributed by atoms with Crippen molar-refractivity contribution in [2.75, 3.05) is 6.61 Å². The second-order valence-electron chi connectivity index (χ2n) is 1.88. The van der Waals surface area contributed by atoms with Crippen LogP contribution < -0.4 is 0 Å². The van der Waals surface area contributed by atoms with Crippen molar-refractivity contribution in [3.05, 3.63) is 11.1 Å². The first-order valence-electron chi connectivity index (χ1n) is 3.24. The van der Waals surface area contributed by atoms with Crippen molar-refractivity contribution in [2.45, 2.75) is 13.3 Å². The van der Waals surface area contributed by atoms with E-state index >= 15 is 0 Å². The third-order valence-corrected chi connectivity index (χ3v) is 1.59. The van der Waals surface area contributed by atoms with E-state index in [0.717, 1.165) is 0 Å². The lowest BCUT2D eigenvalue weighted by molar-refractivity contribution is -0.142. The van der Waals surface area contributed by atoms with E-state index in [9.17, 15) is 4.79 Å². The molecule has 0 aliphatic rings. The Morgan fingerprint density at radius 2 is 2.64 bits per heavy atom. The number of esters is 1.